The van der Waals surface area contributed by atoms with Crippen molar-refractivity contribution in [3.8, 4) is 0 Å². The minimum absolute atomic E-state index is 0.426. The molecular formula is C11H14FN. The molecule has 1 aliphatic carbocycles. The minimum Gasteiger partial charge on any atom is -0.321 e. The molecule has 0 spiro atoms. The fourth-order valence-electron chi connectivity index (χ4n) is 2.24. The van der Waals surface area contributed by atoms with Gasteiger partial charge in [-0.15, -0.1) is 0 Å². The summed E-state index contributed by atoms with van der Waals surface area (Å²) in [5.41, 5.74) is 5.62. The van der Waals surface area contributed by atoms with E-state index >= 15 is 0 Å². The van der Waals surface area contributed by atoms with E-state index in [1.54, 1.807) is 6.92 Å². The van der Waals surface area contributed by atoms with Crippen LogP contribution in [0.3, 0.4) is 0 Å². The van der Waals surface area contributed by atoms with Gasteiger partial charge in [0.05, 0.1) is 0 Å². The van der Waals surface area contributed by atoms with Crippen molar-refractivity contribution in [3.63, 3.8) is 0 Å². The third-order valence-electron chi connectivity index (χ3n) is 2.72. The number of alkyl halides is 1. The third-order valence-corrected chi connectivity index (χ3v) is 2.72. The lowest BCUT2D eigenvalue weighted by atomic mass is 9.64. The summed E-state index contributed by atoms with van der Waals surface area (Å²) in [5.74, 6) is 0. The molecule has 0 amide bonds. The van der Waals surface area contributed by atoms with E-state index in [1.165, 1.54) is 0 Å². The lowest BCUT2D eigenvalue weighted by Gasteiger charge is -2.48. The Bertz CT molecular complexity index is 297. The lowest BCUT2D eigenvalue weighted by Crippen LogP contribution is -2.56. The maximum Gasteiger partial charge on any atom is 0.112 e. The summed E-state index contributed by atoms with van der Waals surface area (Å²) < 4.78 is 13.3. The predicted octanol–water partition coefficient (Wildman–Crippen LogP) is 2.36. The van der Waals surface area contributed by atoms with E-state index in [-0.39, 0.29) is 0 Å². The summed E-state index contributed by atoms with van der Waals surface area (Å²) in [5, 5.41) is 0. The second kappa shape index (κ2) is 2.55. The molecule has 0 unspecified atom stereocenters. The van der Waals surface area contributed by atoms with Crippen LogP contribution in [0, 0.1) is 0 Å². The second-order valence-electron chi connectivity index (χ2n) is 4.29. The Labute approximate surface area is 77.8 Å². The van der Waals surface area contributed by atoms with E-state index in [4.69, 9.17) is 5.73 Å². The largest absolute Gasteiger partial charge is 0.321 e. The first-order valence-corrected chi connectivity index (χ1v) is 4.55. The van der Waals surface area contributed by atoms with Gasteiger partial charge in [0.25, 0.3) is 0 Å². The van der Waals surface area contributed by atoms with Gasteiger partial charge in [0.2, 0.25) is 0 Å². The van der Waals surface area contributed by atoms with Crippen LogP contribution in [0.5, 0.6) is 0 Å². The van der Waals surface area contributed by atoms with E-state index in [2.05, 4.69) is 0 Å². The number of hydrogen-bond donors (Lipinski definition) is 1. The zero-order chi connectivity index (χ0) is 9.53. The standard InChI is InChI=1S/C11H14FN/c1-10(12)7-11(13,8-10)9-5-3-2-4-6-9/h2-6H,7-8,13H2,1H3. The van der Waals surface area contributed by atoms with Crippen molar-refractivity contribution in [1.29, 1.82) is 0 Å². The SMILES string of the molecule is CC1(F)CC(N)(c2ccccc2)C1. The van der Waals surface area contributed by atoms with Gasteiger partial charge in [0, 0.05) is 18.4 Å². The molecule has 1 aromatic carbocycles. The fourth-order valence-corrected chi connectivity index (χ4v) is 2.24. The van der Waals surface area contributed by atoms with Gasteiger partial charge >= 0.3 is 0 Å². The number of benzene rings is 1. The number of halogens is 1. The maximum atomic E-state index is 13.3. The molecule has 0 radical (unpaired) electrons. The van der Waals surface area contributed by atoms with E-state index < -0.39 is 11.2 Å². The molecule has 70 valence electrons. The highest BCUT2D eigenvalue weighted by atomic mass is 19.1. The van der Waals surface area contributed by atoms with Crippen molar-refractivity contribution < 1.29 is 4.39 Å². The first kappa shape index (κ1) is 8.70. The molecule has 1 nitrogen and oxygen atoms in total. The number of hydrogen-bond acceptors (Lipinski definition) is 1. The average molecular weight is 179 g/mol. The molecule has 0 heterocycles. The summed E-state index contributed by atoms with van der Waals surface area (Å²) >= 11 is 0. The molecule has 13 heavy (non-hydrogen) atoms. The first-order chi connectivity index (χ1) is 6.02. The summed E-state index contributed by atoms with van der Waals surface area (Å²) in [6.45, 7) is 1.61. The Morgan fingerprint density at radius 1 is 1.23 bits per heavy atom. The van der Waals surface area contributed by atoms with Gasteiger partial charge in [-0.1, -0.05) is 30.3 Å². The molecule has 0 aromatic heterocycles. The van der Waals surface area contributed by atoms with Crippen LogP contribution in [0.25, 0.3) is 0 Å². The van der Waals surface area contributed by atoms with Gasteiger partial charge in [-0.05, 0) is 12.5 Å². The number of nitrogens with two attached hydrogens (primary N) is 1. The van der Waals surface area contributed by atoms with Crippen molar-refractivity contribution in [3.05, 3.63) is 35.9 Å². The molecular weight excluding hydrogens is 165 g/mol. The Kier molecular flexibility index (Phi) is 1.70. The molecule has 2 N–H and O–H groups in total. The highest BCUT2D eigenvalue weighted by molar-refractivity contribution is 5.29. The van der Waals surface area contributed by atoms with Crippen LogP contribution in [-0.2, 0) is 5.54 Å². The molecule has 2 rings (SSSR count). The molecule has 0 saturated heterocycles. The highest BCUT2D eigenvalue weighted by Crippen LogP contribution is 2.48. The van der Waals surface area contributed by atoms with Crippen LogP contribution in [-0.4, -0.2) is 5.67 Å². The summed E-state index contributed by atoms with van der Waals surface area (Å²) in [4.78, 5) is 0. The van der Waals surface area contributed by atoms with Crippen LogP contribution < -0.4 is 5.73 Å². The fraction of sp³-hybridized carbons (Fsp3) is 0.455. The van der Waals surface area contributed by atoms with Crippen molar-refractivity contribution >= 4 is 0 Å². The van der Waals surface area contributed by atoms with Gasteiger partial charge in [0.1, 0.15) is 5.67 Å². The molecule has 1 fully saturated rings. The first-order valence-electron chi connectivity index (χ1n) is 4.55. The average Bonchev–Trinajstić information content (AvgIpc) is 2.02. The Morgan fingerprint density at radius 3 is 2.23 bits per heavy atom. The van der Waals surface area contributed by atoms with Gasteiger partial charge in [-0.3, -0.25) is 0 Å². The molecule has 0 aliphatic heterocycles. The van der Waals surface area contributed by atoms with Crippen molar-refractivity contribution in [1.82, 2.24) is 0 Å². The van der Waals surface area contributed by atoms with Crippen LogP contribution in [0.2, 0.25) is 0 Å². The zero-order valence-electron chi connectivity index (χ0n) is 7.76. The van der Waals surface area contributed by atoms with E-state index in [0.29, 0.717) is 12.8 Å². The smallest absolute Gasteiger partial charge is 0.112 e. The van der Waals surface area contributed by atoms with Gasteiger partial charge in [-0.25, -0.2) is 4.39 Å². The van der Waals surface area contributed by atoms with Crippen LogP contribution in [0.15, 0.2) is 30.3 Å². The van der Waals surface area contributed by atoms with Crippen molar-refractivity contribution in [2.24, 2.45) is 5.73 Å². The van der Waals surface area contributed by atoms with E-state index in [1.807, 2.05) is 30.3 Å². The Morgan fingerprint density at radius 2 is 1.77 bits per heavy atom. The molecule has 0 atom stereocenters. The molecule has 1 saturated carbocycles. The second-order valence-corrected chi connectivity index (χ2v) is 4.29. The predicted molar refractivity (Wildman–Crippen MR) is 51.1 cm³/mol. The monoisotopic (exact) mass is 179 g/mol. The zero-order valence-corrected chi connectivity index (χ0v) is 7.76. The third kappa shape index (κ3) is 1.46. The summed E-state index contributed by atoms with van der Waals surface area (Å²) in [6.07, 6.45) is 0.869. The van der Waals surface area contributed by atoms with Crippen molar-refractivity contribution in [2.45, 2.75) is 31.0 Å². The quantitative estimate of drug-likeness (QED) is 0.703. The van der Waals surface area contributed by atoms with Crippen molar-refractivity contribution in [2.75, 3.05) is 0 Å². The molecule has 2 heteroatoms. The lowest BCUT2D eigenvalue weighted by molar-refractivity contribution is 0.00132. The van der Waals surface area contributed by atoms with Crippen LogP contribution >= 0.6 is 0 Å². The molecule has 1 aliphatic rings. The highest BCUT2D eigenvalue weighted by Gasteiger charge is 2.50. The van der Waals surface area contributed by atoms with E-state index in [0.717, 1.165) is 5.56 Å². The molecule has 0 bridgehead atoms. The summed E-state index contributed by atoms with van der Waals surface area (Å²) in [6, 6.07) is 9.76. The summed E-state index contributed by atoms with van der Waals surface area (Å²) in [7, 11) is 0. The normalized spacial score (nSPS) is 38.4. The van der Waals surface area contributed by atoms with Crippen LogP contribution in [0.4, 0.5) is 4.39 Å². The van der Waals surface area contributed by atoms with Gasteiger partial charge in [-0.2, -0.15) is 0 Å². The Hall–Kier alpha value is -0.890. The minimum atomic E-state index is -1.06. The molecule has 1 aromatic rings. The topological polar surface area (TPSA) is 26.0 Å². The number of rotatable bonds is 1. The maximum absolute atomic E-state index is 13.3. The van der Waals surface area contributed by atoms with Gasteiger partial charge < -0.3 is 5.73 Å². The van der Waals surface area contributed by atoms with E-state index in [9.17, 15) is 4.39 Å². The van der Waals surface area contributed by atoms with Crippen LogP contribution in [0.1, 0.15) is 25.3 Å². The Balaban J connectivity index is 2.21. The van der Waals surface area contributed by atoms with Gasteiger partial charge in [0.15, 0.2) is 0 Å².